The van der Waals surface area contributed by atoms with Gasteiger partial charge < -0.3 is 0 Å². The van der Waals surface area contributed by atoms with Crippen LogP contribution in [-0.4, -0.2) is 36.0 Å². The maximum atomic E-state index is 11.6. The summed E-state index contributed by atoms with van der Waals surface area (Å²) in [4.78, 5) is 11.3. The summed E-state index contributed by atoms with van der Waals surface area (Å²) < 4.78 is 24.7. The van der Waals surface area contributed by atoms with Crippen LogP contribution in [0.25, 0.3) is 11.3 Å². The predicted molar refractivity (Wildman–Crippen MR) is 80.4 cm³/mol. The van der Waals surface area contributed by atoms with Gasteiger partial charge in [0.15, 0.2) is 16.1 Å². The highest BCUT2D eigenvalue weighted by Gasteiger charge is 2.30. The molecule has 1 aromatic carbocycles. The lowest BCUT2D eigenvalue weighted by Crippen LogP contribution is -2.11. The second kappa shape index (κ2) is 5.27. The molecule has 1 atom stereocenters. The smallest absolute Gasteiger partial charge is 0.153 e. The molecule has 1 aliphatic rings. The first-order chi connectivity index (χ1) is 10.00. The molecule has 0 spiro atoms. The second-order valence-corrected chi connectivity index (χ2v) is 7.70. The molecule has 0 radical (unpaired) electrons. The molecule has 3 rings (SSSR count). The van der Waals surface area contributed by atoms with Gasteiger partial charge in [0, 0.05) is 11.8 Å². The molecule has 1 fully saturated rings. The van der Waals surface area contributed by atoms with Gasteiger partial charge in [0.05, 0.1) is 28.1 Å². The minimum absolute atomic E-state index is 0.0644. The Bertz CT molecular complexity index is 798. The van der Waals surface area contributed by atoms with Crippen LogP contribution in [0.2, 0.25) is 5.02 Å². The van der Waals surface area contributed by atoms with E-state index >= 15 is 0 Å². The fourth-order valence-corrected chi connectivity index (χ4v) is 4.45. The molecule has 1 unspecified atom stereocenters. The zero-order valence-electron chi connectivity index (χ0n) is 11.1. The van der Waals surface area contributed by atoms with Gasteiger partial charge >= 0.3 is 0 Å². The van der Waals surface area contributed by atoms with E-state index in [1.54, 1.807) is 29.1 Å². The highest BCUT2D eigenvalue weighted by atomic mass is 35.5. The molecule has 110 valence electrons. The number of sulfone groups is 1. The van der Waals surface area contributed by atoms with Gasteiger partial charge in [-0.15, -0.1) is 0 Å². The van der Waals surface area contributed by atoms with E-state index in [-0.39, 0.29) is 17.5 Å². The lowest BCUT2D eigenvalue weighted by molar-refractivity contribution is 0.112. The number of halogens is 1. The zero-order chi connectivity index (χ0) is 15.0. The van der Waals surface area contributed by atoms with Crippen LogP contribution in [-0.2, 0) is 9.84 Å². The van der Waals surface area contributed by atoms with Crippen LogP contribution in [0.4, 0.5) is 0 Å². The minimum atomic E-state index is -3.00. The molecule has 2 aromatic rings. The molecule has 5 nitrogen and oxygen atoms in total. The van der Waals surface area contributed by atoms with Crippen molar-refractivity contribution < 1.29 is 13.2 Å². The van der Waals surface area contributed by atoms with Gasteiger partial charge in [0.2, 0.25) is 0 Å². The maximum absolute atomic E-state index is 11.6. The Balaban J connectivity index is 2.04. The molecular weight excluding hydrogens is 312 g/mol. The third kappa shape index (κ3) is 2.73. The van der Waals surface area contributed by atoms with E-state index in [9.17, 15) is 13.2 Å². The van der Waals surface area contributed by atoms with Crippen LogP contribution in [0.3, 0.4) is 0 Å². The Kier molecular flexibility index (Phi) is 3.59. The number of carbonyl (C=O) groups is 1. The second-order valence-electron chi connectivity index (χ2n) is 5.07. The fraction of sp³-hybridized carbons (Fsp3) is 0.286. The summed E-state index contributed by atoms with van der Waals surface area (Å²) in [6.45, 7) is 0. The van der Waals surface area contributed by atoms with E-state index in [1.165, 1.54) is 0 Å². The van der Waals surface area contributed by atoms with Crippen molar-refractivity contribution in [2.24, 2.45) is 0 Å². The van der Waals surface area contributed by atoms with Crippen LogP contribution in [0, 0.1) is 0 Å². The Hall–Kier alpha value is -1.66. The van der Waals surface area contributed by atoms with E-state index in [2.05, 4.69) is 5.10 Å². The average molecular weight is 325 g/mol. The SMILES string of the molecule is O=Cc1cn(C2CCS(=O)(=O)C2)nc1-c1ccccc1Cl. The number of nitrogens with zero attached hydrogens (tertiary/aromatic N) is 2. The van der Waals surface area contributed by atoms with Crippen LogP contribution in [0.15, 0.2) is 30.5 Å². The summed E-state index contributed by atoms with van der Waals surface area (Å²) in [7, 11) is -3.00. The largest absolute Gasteiger partial charge is 0.298 e. The number of benzene rings is 1. The average Bonchev–Trinajstić information content (AvgIpc) is 3.02. The fourth-order valence-electron chi connectivity index (χ4n) is 2.53. The summed E-state index contributed by atoms with van der Waals surface area (Å²) in [5, 5.41) is 4.90. The number of aldehydes is 1. The monoisotopic (exact) mass is 324 g/mol. The van der Waals surface area contributed by atoms with Gasteiger partial charge in [-0.3, -0.25) is 9.48 Å². The van der Waals surface area contributed by atoms with Crippen molar-refractivity contribution in [1.82, 2.24) is 9.78 Å². The predicted octanol–water partition coefficient (Wildman–Crippen LogP) is 2.38. The molecule has 1 aliphatic heterocycles. The van der Waals surface area contributed by atoms with Gasteiger partial charge in [-0.05, 0) is 12.5 Å². The Morgan fingerprint density at radius 3 is 2.71 bits per heavy atom. The minimum Gasteiger partial charge on any atom is -0.298 e. The van der Waals surface area contributed by atoms with Gasteiger partial charge in [0.1, 0.15) is 5.69 Å². The van der Waals surface area contributed by atoms with Gasteiger partial charge in [-0.1, -0.05) is 29.8 Å². The number of hydrogen-bond donors (Lipinski definition) is 0. The quantitative estimate of drug-likeness (QED) is 0.813. The normalized spacial score (nSPS) is 20.5. The molecule has 1 saturated heterocycles. The summed E-state index contributed by atoms with van der Waals surface area (Å²) >= 11 is 6.14. The van der Waals surface area contributed by atoms with Crippen LogP contribution in [0.1, 0.15) is 22.8 Å². The molecule has 0 bridgehead atoms. The van der Waals surface area contributed by atoms with Crippen molar-refractivity contribution in [3.8, 4) is 11.3 Å². The number of aromatic nitrogens is 2. The van der Waals surface area contributed by atoms with Crippen molar-refractivity contribution in [3.63, 3.8) is 0 Å². The molecule has 0 amide bonds. The molecule has 0 saturated carbocycles. The summed E-state index contributed by atoms with van der Waals surface area (Å²) in [5.41, 5.74) is 1.56. The van der Waals surface area contributed by atoms with Crippen molar-refractivity contribution in [1.29, 1.82) is 0 Å². The van der Waals surface area contributed by atoms with Gasteiger partial charge in [-0.2, -0.15) is 5.10 Å². The molecule has 1 aromatic heterocycles. The van der Waals surface area contributed by atoms with Crippen LogP contribution >= 0.6 is 11.6 Å². The molecule has 0 N–H and O–H groups in total. The standard InChI is InChI=1S/C14H13ClN2O3S/c15-13-4-2-1-3-12(13)14-10(8-18)7-17(16-14)11-5-6-21(19,20)9-11/h1-4,7-8,11H,5-6,9H2. The lowest BCUT2D eigenvalue weighted by Gasteiger charge is -2.07. The number of rotatable bonds is 3. The van der Waals surface area contributed by atoms with Gasteiger partial charge in [0.25, 0.3) is 0 Å². The van der Waals surface area contributed by atoms with E-state index in [0.29, 0.717) is 34.6 Å². The first-order valence-electron chi connectivity index (χ1n) is 6.50. The molecular formula is C14H13ClN2O3S. The first-order valence-corrected chi connectivity index (χ1v) is 8.70. The molecule has 7 heteroatoms. The van der Waals surface area contributed by atoms with Gasteiger partial charge in [-0.25, -0.2) is 8.42 Å². The van der Waals surface area contributed by atoms with Crippen LogP contribution in [0.5, 0.6) is 0 Å². The Labute approximate surface area is 127 Å². The third-order valence-corrected chi connectivity index (χ3v) is 5.68. The third-order valence-electron chi connectivity index (χ3n) is 3.60. The van der Waals surface area contributed by atoms with Crippen molar-refractivity contribution in [2.75, 3.05) is 11.5 Å². The topological polar surface area (TPSA) is 69.0 Å². The van der Waals surface area contributed by atoms with Crippen LogP contribution < -0.4 is 0 Å². The molecule has 0 aliphatic carbocycles. The van der Waals surface area contributed by atoms with E-state index in [1.807, 2.05) is 6.07 Å². The summed E-state index contributed by atoms with van der Waals surface area (Å²) in [5.74, 6) is 0.227. The Morgan fingerprint density at radius 2 is 2.10 bits per heavy atom. The number of carbonyl (C=O) groups excluding carboxylic acids is 1. The van der Waals surface area contributed by atoms with Crippen molar-refractivity contribution in [3.05, 3.63) is 41.0 Å². The molecule has 21 heavy (non-hydrogen) atoms. The van der Waals surface area contributed by atoms with E-state index in [0.717, 1.165) is 0 Å². The van der Waals surface area contributed by atoms with Crippen molar-refractivity contribution >= 4 is 27.7 Å². The van der Waals surface area contributed by atoms with E-state index < -0.39 is 9.84 Å². The van der Waals surface area contributed by atoms with Crippen molar-refractivity contribution in [2.45, 2.75) is 12.5 Å². The highest BCUT2D eigenvalue weighted by molar-refractivity contribution is 7.91. The Morgan fingerprint density at radius 1 is 1.33 bits per heavy atom. The summed E-state index contributed by atoms with van der Waals surface area (Å²) in [6, 6.07) is 6.91. The maximum Gasteiger partial charge on any atom is 0.153 e. The zero-order valence-corrected chi connectivity index (χ0v) is 12.6. The first kappa shape index (κ1) is 14.3. The molecule has 2 heterocycles. The summed E-state index contributed by atoms with van der Waals surface area (Å²) in [6.07, 6.45) is 2.83. The highest BCUT2D eigenvalue weighted by Crippen LogP contribution is 2.31. The van der Waals surface area contributed by atoms with E-state index in [4.69, 9.17) is 11.6 Å². The number of hydrogen-bond acceptors (Lipinski definition) is 4. The lowest BCUT2D eigenvalue weighted by atomic mass is 10.1.